The number of hydrogen-bond acceptors (Lipinski definition) is 5. The van der Waals surface area contributed by atoms with Crippen molar-refractivity contribution < 1.29 is 24.2 Å². The Morgan fingerprint density at radius 3 is 2.61 bits per heavy atom. The van der Waals surface area contributed by atoms with Gasteiger partial charge < -0.3 is 25.4 Å². The van der Waals surface area contributed by atoms with Gasteiger partial charge in [0.05, 0.1) is 19.3 Å². The molecule has 0 aliphatic carbocycles. The molecule has 3 unspecified atom stereocenters. The van der Waals surface area contributed by atoms with Gasteiger partial charge in [0.1, 0.15) is 5.75 Å². The molecule has 1 aliphatic rings. The van der Waals surface area contributed by atoms with E-state index in [-0.39, 0.29) is 29.7 Å². The molecule has 0 radical (unpaired) electrons. The largest absolute Gasteiger partial charge is 0.497 e. The fraction of sp³-hybridized carbons (Fsp3) is 0.607. The lowest BCUT2D eigenvalue weighted by Gasteiger charge is -2.28. The van der Waals surface area contributed by atoms with Crippen LogP contribution in [0.5, 0.6) is 5.75 Å². The van der Waals surface area contributed by atoms with E-state index in [4.69, 9.17) is 4.74 Å². The highest BCUT2D eigenvalue weighted by Crippen LogP contribution is 2.22. The van der Waals surface area contributed by atoms with Gasteiger partial charge in [0.25, 0.3) is 11.8 Å². The topological polar surface area (TPSA) is 108 Å². The number of amides is 3. The number of nitrogens with zero attached hydrogens (tertiary/aromatic N) is 1. The first-order chi connectivity index (χ1) is 17.2. The molecule has 2 bridgehead atoms. The van der Waals surface area contributed by atoms with Crippen molar-refractivity contribution in [2.45, 2.75) is 71.9 Å². The number of benzene rings is 1. The number of ether oxygens (including phenoxy) is 1. The Labute approximate surface area is 215 Å². The summed E-state index contributed by atoms with van der Waals surface area (Å²) in [6.45, 7) is 9.46. The first-order valence-electron chi connectivity index (χ1n) is 13.1. The van der Waals surface area contributed by atoms with Gasteiger partial charge in [-0.25, -0.2) is 0 Å². The van der Waals surface area contributed by atoms with Crippen LogP contribution in [0.1, 0.15) is 80.5 Å². The van der Waals surface area contributed by atoms with E-state index in [2.05, 4.69) is 24.5 Å². The molecule has 0 fully saturated rings. The first kappa shape index (κ1) is 29.4. The van der Waals surface area contributed by atoms with Crippen LogP contribution in [0.2, 0.25) is 0 Å². The van der Waals surface area contributed by atoms with Crippen LogP contribution >= 0.6 is 0 Å². The maximum absolute atomic E-state index is 13.3. The van der Waals surface area contributed by atoms with Crippen molar-refractivity contribution in [1.82, 2.24) is 15.5 Å². The van der Waals surface area contributed by atoms with Crippen LogP contribution in [0.15, 0.2) is 30.4 Å². The fourth-order valence-corrected chi connectivity index (χ4v) is 4.33. The number of unbranched alkanes of at least 4 members (excludes halogenated alkanes) is 1. The minimum atomic E-state index is -0.900. The second-order valence-corrected chi connectivity index (χ2v) is 9.77. The van der Waals surface area contributed by atoms with E-state index < -0.39 is 24.0 Å². The molecule has 8 heteroatoms. The van der Waals surface area contributed by atoms with E-state index in [1.165, 1.54) is 7.11 Å². The van der Waals surface area contributed by atoms with Gasteiger partial charge in [0, 0.05) is 36.7 Å². The van der Waals surface area contributed by atoms with Crippen LogP contribution < -0.4 is 15.4 Å². The third kappa shape index (κ3) is 8.66. The van der Waals surface area contributed by atoms with Crippen LogP contribution in [0, 0.1) is 11.8 Å². The molecule has 0 saturated carbocycles. The normalized spacial score (nSPS) is 20.8. The molecule has 1 aromatic rings. The molecular formula is C28H43N3O5. The minimum absolute atomic E-state index is 0.0953. The smallest absolute Gasteiger partial charge is 0.254 e. The van der Waals surface area contributed by atoms with E-state index >= 15 is 0 Å². The zero-order valence-corrected chi connectivity index (χ0v) is 22.4. The van der Waals surface area contributed by atoms with Crippen LogP contribution in [0.25, 0.3) is 0 Å². The molecular weight excluding hydrogens is 458 g/mol. The number of likely N-dealkylation sites (N-methyl/N-ethyl adjacent to an activating group) is 1. The summed E-state index contributed by atoms with van der Waals surface area (Å²) >= 11 is 0. The Morgan fingerprint density at radius 1 is 1.22 bits per heavy atom. The molecule has 36 heavy (non-hydrogen) atoms. The first-order valence-corrected chi connectivity index (χ1v) is 13.1. The van der Waals surface area contributed by atoms with E-state index in [1.807, 2.05) is 19.1 Å². The molecule has 0 saturated heterocycles. The highest BCUT2D eigenvalue weighted by atomic mass is 16.5. The second kappa shape index (κ2) is 14.6. The molecule has 1 aromatic carbocycles. The molecule has 1 aliphatic heterocycles. The van der Waals surface area contributed by atoms with Crippen molar-refractivity contribution >= 4 is 17.7 Å². The summed E-state index contributed by atoms with van der Waals surface area (Å²) in [6.07, 6.45) is 6.56. The number of allylic oxidation sites excluding steroid dienone is 1. The number of carbonyl (C=O) groups is 3. The quantitative estimate of drug-likeness (QED) is 0.354. The van der Waals surface area contributed by atoms with Gasteiger partial charge in [-0.2, -0.15) is 0 Å². The number of aliphatic hydroxyl groups excluding tert-OH is 1. The van der Waals surface area contributed by atoms with Gasteiger partial charge >= 0.3 is 0 Å². The Kier molecular flexibility index (Phi) is 11.9. The predicted octanol–water partition coefficient (Wildman–Crippen LogP) is 3.55. The number of fused-ring (bicyclic) bond motifs is 2. The summed E-state index contributed by atoms with van der Waals surface area (Å²) in [5, 5.41) is 17.0. The third-order valence-electron chi connectivity index (χ3n) is 6.66. The van der Waals surface area contributed by atoms with Gasteiger partial charge in [-0.05, 0) is 56.7 Å². The second-order valence-electron chi connectivity index (χ2n) is 9.77. The average molecular weight is 502 g/mol. The van der Waals surface area contributed by atoms with Crippen molar-refractivity contribution in [3.8, 4) is 5.75 Å². The highest BCUT2D eigenvalue weighted by Gasteiger charge is 2.28. The Morgan fingerprint density at radius 2 is 1.94 bits per heavy atom. The lowest BCUT2D eigenvalue weighted by atomic mass is 9.90. The Balaban J connectivity index is 2.30. The standard InChI is InChI=1S/C28H43N3O5/c1-6-8-12-29-26(33)20(4)15-25(32)24-14-19(3)11-9-10-13-31(7-2)28(35)22-16-21(27(34)30-24)17-23(18-22)36-5/h9-10,16-20,24-25,32H,6-8,11-15H2,1-5H3,(H,29,33)(H,30,34)/t19-,20?,24?,25?/m1/s1. The van der Waals surface area contributed by atoms with Crippen LogP contribution in [-0.4, -0.2) is 66.6 Å². The average Bonchev–Trinajstić information content (AvgIpc) is 2.87. The number of hydrogen-bond donors (Lipinski definition) is 3. The summed E-state index contributed by atoms with van der Waals surface area (Å²) in [5.74, 6) is -0.480. The minimum Gasteiger partial charge on any atom is -0.497 e. The maximum Gasteiger partial charge on any atom is 0.254 e. The van der Waals surface area contributed by atoms with E-state index in [0.717, 1.165) is 19.3 Å². The Bertz CT molecular complexity index is 916. The Hall–Kier alpha value is -2.87. The molecule has 4 atom stereocenters. The monoisotopic (exact) mass is 501 g/mol. The molecule has 0 aromatic heterocycles. The van der Waals surface area contributed by atoms with Gasteiger partial charge in [-0.15, -0.1) is 0 Å². The van der Waals surface area contributed by atoms with Crippen molar-refractivity contribution in [1.29, 1.82) is 0 Å². The van der Waals surface area contributed by atoms with Crippen LogP contribution in [-0.2, 0) is 4.79 Å². The van der Waals surface area contributed by atoms with Gasteiger partial charge in [0.15, 0.2) is 0 Å². The van der Waals surface area contributed by atoms with Crippen molar-refractivity contribution in [2.75, 3.05) is 26.7 Å². The summed E-state index contributed by atoms with van der Waals surface area (Å²) in [4.78, 5) is 40.6. The zero-order chi connectivity index (χ0) is 26.7. The van der Waals surface area contributed by atoms with Crippen molar-refractivity contribution in [2.24, 2.45) is 11.8 Å². The number of carbonyl (C=O) groups excluding carboxylic acids is 3. The summed E-state index contributed by atoms with van der Waals surface area (Å²) in [5.41, 5.74) is 0.659. The summed E-state index contributed by atoms with van der Waals surface area (Å²) in [6, 6.07) is 4.23. The summed E-state index contributed by atoms with van der Waals surface area (Å²) < 4.78 is 5.36. The highest BCUT2D eigenvalue weighted by molar-refractivity contribution is 6.00. The lowest BCUT2D eigenvalue weighted by molar-refractivity contribution is -0.125. The maximum atomic E-state index is 13.3. The van der Waals surface area contributed by atoms with Crippen molar-refractivity contribution in [3.63, 3.8) is 0 Å². The van der Waals surface area contributed by atoms with Gasteiger partial charge in [-0.1, -0.05) is 39.3 Å². The number of methoxy groups -OCH3 is 1. The van der Waals surface area contributed by atoms with E-state index in [9.17, 15) is 19.5 Å². The molecule has 200 valence electrons. The fourth-order valence-electron chi connectivity index (χ4n) is 4.33. The van der Waals surface area contributed by atoms with Crippen LogP contribution in [0.3, 0.4) is 0 Å². The number of nitrogens with one attached hydrogen (secondary N) is 2. The third-order valence-corrected chi connectivity index (χ3v) is 6.66. The van der Waals surface area contributed by atoms with Gasteiger partial charge in [-0.3, -0.25) is 14.4 Å². The lowest BCUT2D eigenvalue weighted by Crippen LogP contribution is -2.46. The van der Waals surface area contributed by atoms with E-state index in [0.29, 0.717) is 37.4 Å². The molecule has 2 rings (SSSR count). The number of rotatable bonds is 9. The van der Waals surface area contributed by atoms with Crippen LogP contribution in [0.4, 0.5) is 0 Å². The zero-order valence-electron chi connectivity index (χ0n) is 22.4. The summed E-state index contributed by atoms with van der Waals surface area (Å²) in [7, 11) is 1.49. The molecule has 3 N–H and O–H groups in total. The molecule has 3 amide bonds. The van der Waals surface area contributed by atoms with Gasteiger partial charge in [0.2, 0.25) is 5.91 Å². The number of aliphatic hydroxyl groups is 1. The predicted molar refractivity (Wildman–Crippen MR) is 141 cm³/mol. The molecule has 1 heterocycles. The van der Waals surface area contributed by atoms with E-state index in [1.54, 1.807) is 30.0 Å². The molecule has 8 nitrogen and oxygen atoms in total. The SMILES string of the molecule is CCCCNC(=O)C(C)CC(O)C1C[C@H](C)CC=CCN(CC)C(=O)c2cc(OC)cc(c2)C(=O)N1. The van der Waals surface area contributed by atoms with Crippen molar-refractivity contribution in [3.05, 3.63) is 41.5 Å². The molecule has 0 spiro atoms.